The lowest BCUT2D eigenvalue weighted by atomic mass is 9.89. The molecule has 0 aromatic carbocycles. The van der Waals surface area contributed by atoms with E-state index in [0.29, 0.717) is 72.7 Å². The molecule has 8 rings (SSSR count). The van der Waals surface area contributed by atoms with Gasteiger partial charge in [0.15, 0.2) is 21.7 Å². The molecule has 2 aliphatic rings. The van der Waals surface area contributed by atoms with Crippen LogP contribution in [0.1, 0.15) is 141 Å². The highest BCUT2D eigenvalue weighted by Crippen LogP contribution is 2.42. The fourth-order valence-corrected chi connectivity index (χ4v) is 11.7. The minimum atomic E-state index is -4.26. The molecule has 2 atom stereocenters. The molecule has 6 aromatic heterocycles. The molecule has 82 heavy (non-hydrogen) atoms. The van der Waals surface area contributed by atoms with Gasteiger partial charge in [0.25, 0.3) is 31.9 Å². The minimum absolute atomic E-state index is 0.0273. The Labute approximate surface area is 492 Å². The van der Waals surface area contributed by atoms with E-state index in [1.165, 1.54) is 65.0 Å². The average molecular weight is 1210 g/mol. The van der Waals surface area contributed by atoms with Gasteiger partial charge >= 0.3 is 0 Å². The predicted octanol–water partition coefficient (Wildman–Crippen LogP) is 10.3. The number of anilines is 2. The van der Waals surface area contributed by atoms with Crippen LogP contribution in [-0.2, 0) is 20.0 Å². The third kappa shape index (κ3) is 18.8. The van der Waals surface area contributed by atoms with Gasteiger partial charge in [0.2, 0.25) is 11.8 Å². The highest BCUT2D eigenvalue weighted by Gasteiger charge is 2.32. The largest absolute Gasteiger partial charge is 0.476 e. The molecule has 1 saturated carbocycles. The van der Waals surface area contributed by atoms with Crippen molar-refractivity contribution in [2.24, 2.45) is 28.1 Å². The van der Waals surface area contributed by atoms with E-state index in [1.807, 2.05) is 9.44 Å². The molecule has 21 nitrogen and oxygen atoms in total. The quantitative estimate of drug-likeness (QED) is 0.0312. The van der Waals surface area contributed by atoms with Crippen LogP contribution in [-0.4, -0.2) is 107 Å². The van der Waals surface area contributed by atoms with Crippen LogP contribution in [0.15, 0.2) is 95.2 Å². The number of hydrogen-bond acceptors (Lipinski definition) is 17. The molecule has 2 amide bonds. The molecule has 2 fully saturated rings. The maximum Gasteiger partial charge on any atom is 0.281 e. The second-order valence-electron chi connectivity index (χ2n) is 24.7. The second-order valence-corrected chi connectivity index (χ2v) is 28.7. The first-order valence-electron chi connectivity index (χ1n) is 27.4. The zero-order valence-corrected chi connectivity index (χ0v) is 51.5. The molecule has 1 aliphatic heterocycles. The Morgan fingerprint density at radius 3 is 1.48 bits per heavy atom. The maximum absolute atomic E-state index is 13.0. The number of carbonyl (C=O) groups excluding carboxylic acids is 2. The number of sulfonamides is 2. The molecule has 0 unspecified atom stereocenters. The molecule has 5 N–H and O–H groups in total. The maximum atomic E-state index is 13.0. The number of aromatic nitrogens is 8. The lowest BCUT2D eigenvalue weighted by molar-refractivity contribution is 0.0972. The van der Waals surface area contributed by atoms with Crippen LogP contribution in [0.2, 0.25) is 10.3 Å². The standard InChI is InChI=1S/C29H39ClN6O4S.C28H38ClN7O4S/c1-28(2,3)19-40-24-14-17-36(34-24)23-12-11-21(26(30)33-23)27(37)35-41(38,39)25-10-6-9-22(32-25)31-16-7-8-20-13-15-29(4,5)18-20;1-27(2,3)18-40-23-13-15-36(34-23)22-12-11-20(25(29)33-22)26(37)35-41(38,39)24-10-6-9-21(32-24)30-14-7-8-19-16-28(4,5)31-17-19/h6,9-12,14,17,20H,7-8,13,15-16,18-19H2,1-5H3,(H,31,32)(H,35,37);6,9-13,15,19,31H,7-8,14,16-18H2,1-5H3,(H,30,32)(H,35,37)/t20-;19-/m10/s1. The van der Waals surface area contributed by atoms with E-state index in [9.17, 15) is 26.4 Å². The summed E-state index contributed by atoms with van der Waals surface area (Å²) in [4.78, 5) is 42.5. The summed E-state index contributed by atoms with van der Waals surface area (Å²) in [5.74, 6) is 1.91. The van der Waals surface area contributed by atoms with Crippen molar-refractivity contribution in [2.75, 3.05) is 43.5 Å². The van der Waals surface area contributed by atoms with Crippen molar-refractivity contribution in [1.82, 2.24) is 54.3 Å². The highest BCUT2D eigenvalue weighted by molar-refractivity contribution is 7.90. The topological polar surface area (TPSA) is 268 Å². The number of ether oxygens (including phenoxy) is 2. The summed E-state index contributed by atoms with van der Waals surface area (Å²) in [5, 5.41) is 17.6. The van der Waals surface area contributed by atoms with Gasteiger partial charge in [-0.2, -0.15) is 16.8 Å². The minimum Gasteiger partial charge on any atom is -0.476 e. The van der Waals surface area contributed by atoms with Gasteiger partial charge < -0.3 is 25.4 Å². The fourth-order valence-electron chi connectivity index (χ4n) is 9.36. The Kier molecular flexibility index (Phi) is 20.4. The van der Waals surface area contributed by atoms with E-state index >= 15 is 0 Å². The molecular weight excluding hydrogens is 1130 g/mol. The first-order valence-corrected chi connectivity index (χ1v) is 31.2. The van der Waals surface area contributed by atoms with E-state index in [-0.39, 0.29) is 47.9 Å². The summed E-state index contributed by atoms with van der Waals surface area (Å²) in [6, 6.07) is 18.4. The third-order valence-corrected chi connectivity index (χ3v) is 16.5. The van der Waals surface area contributed by atoms with Crippen LogP contribution >= 0.6 is 23.2 Å². The molecule has 1 aliphatic carbocycles. The Bertz CT molecular complexity index is 3190. The fraction of sp³-hybridized carbons (Fsp3) is 0.509. The normalized spacial score (nSPS) is 16.9. The van der Waals surface area contributed by atoms with Crippen LogP contribution in [0.5, 0.6) is 11.8 Å². The first kappa shape index (κ1) is 63.2. The van der Waals surface area contributed by atoms with Crippen molar-refractivity contribution >= 4 is 66.7 Å². The average Bonchev–Trinajstić information content (AvgIpc) is 4.31. The summed E-state index contributed by atoms with van der Waals surface area (Å²) in [6.07, 6.45) is 12.3. The van der Waals surface area contributed by atoms with Crippen LogP contribution < -0.4 is 34.9 Å². The lowest BCUT2D eigenvalue weighted by Crippen LogP contribution is -2.31. The van der Waals surface area contributed by atoms with Crippen molar-refractivity contribution in [3.63, 3.8) is 0 Å². The van der Waals surface area contributed by atoms with Crippen molar-refractivity contribution in [3.8, 4) is 23.4 Å². The summed E-state index contributed by atoms with van der Waals surface area (Å²) in [6.45, 7) is 24.7. The molecule has 6 aromatic rings. The van der Waals surface area contributed by atoms with E-state index in [4.69, 9.17) is 32.7 Å². The van der Waals surface area contributed by atoms with Crippen molar-refractivity contribution in [2.45, 2.75) is 136 Å². The Balaban J connectivity index is 0.000000236. The molecule has 0 bridgehead atoms. The molecule has 0 radical (unpaired) electrons. The summed E-state index contributed by atoms with van der Waals surface area (Å²) in [7, 11) is -8.51. The monoisotopic (exact) mass is 1210 g/mol. The molecule has 1 saturated heterocycles. The van der Waals surface area contributed by atoms with Crippen LogP contribution in [0, 0.1) is 28.1 Å². The molecule has 444 valence electrons. The number of rotatable bonds is 22. The third-order valence-electron chi connectivity index (χ3n) is 13.4. The first-order chi connectivity index (χ1) is 38.4. The molecule has 0 spiro atoms. The number of hydrogen-bond donors (Lipinski definition) is 5. The van der Waals surface area contributed by atoms with Gasteiger partial charge in [-0.1, -0.05) is 90.7 Å². The summed E-state index contributed by atoms with van der Waals surface area (Å²) < 4.78 is 70.2. The second kappa shape index (κ2) is 26.5. The van der Waals surface area contributed by atoms with Crippen LogP contribution in [0.4, 0.5) is 11.6 Å². The Morgan fingerprint density at radius 1 is 0.634 bits per heavy atom. The van der Waals surface area contributed by atoms with Gasteiger partial charge in [-0.3, -0.25) is 9.59 Å². The van der Waals surface area contributed by atoms with Crippen molar-refractivity contribution in [1.29, 1.82) is 0 Å². The Hall–Kier alpha value is -6.40. The van der Waals surface area contributed by atoms with Crippen LogP contribution in [0.3, 0.4) is 0 Å². The van der Waals surface area contributed by atoms with E-state index in [2.05, 4.69) is 115 Å². The number of halogens is 2. The number of pyridine rings is 4. The van der Waals surface area contributed by atoms with Gasteiger partial charge in [-0.05, 0) is 148 Å². The zero-order valence-electron chi connectivity index (χ0n) is 48.3. The molecule has 25 heteroatoms. The van der Waals surface area contributed by atoms with Gasteiger partial charge in [0.05, 0.1) is 24.3 Å². The van der Waals surface area contributed by atoms with Gasteiger partial charge in [-0.15, -0.1) is 10.2 Å². The summed E-state index contributed by atoms with van der Waals surface area (Å²) >= 11 is 12.5. The summed E-state index contributed by atoms with van der Waals surface area (Å²) in [5.41, 5.74) is 0.355. The number of amides is 2. The highest BCUT2D eigenvalue weighted by atomic mass is 35.5. The van der Waals surface area contributed by atoms with Gasteiger partial charge in [0, 0.05) is 43.2 Å². The van der Waals surface area contributed by atoms with E-state index in [1.54, 1.807) is 48.8 Å². The van der Waals surface area contributed by atoms with Gasteiger partial charge in [-0.25, -0.2) is 38.7 Å². The van der Waals surface area contributed by atoms with Gasteiger partial charge in [0.1, 0.15) is 21.9 Å². The lowest BCUT2D eigenvalue weighted by Gasteiger charge is -2.17. The smallest absolute Gasteiger partial charge is 0.281 e. The Morgan fingerprint density at radius 2 is 1.09 bits per heavy atom. The number of nitrogens with zero attached hydrogens (tertiary/aromatic N) is 8. The van der Waals surface area contributed by atoms with Crippen molar-refractivity contribution in [3.05, 3.63) is 107 Å². The zero-order chi connectivity index (χ0) is 59.7. The van der Waals surface area contributed by atoms with Crippen molar-refractivity contribution < 1.29 is 35.9 Å². The molecular formula is C57H77Cl2N13O8S2. The number of carbonyl (C=O) groups is 2. The number of nitrogens with one attached hydrogen (secondary N) is 5. The SMILES string of the molecule is CC(C)(C)COc1ccn(-c2ccc(C(=O)NS(=O)(=O)c3cccc(NCCC[C@@H]4CCC(C)(C)C4)n3)c(Cl)n2)n1.CC(C)(C)COc1ccn(-c2ccc(C(=O)NS(=O)(=O)c3cccc(NCCC[C@@H]4CNC(C)(C)C4)n3)c(Cl)n2)n1. The molecule has 7 heterocycles. The van der Waals surface area contributed by atoms with E-state index in [0.717, 1.165) is 44.6 Å². The predicted molar refractivity (Wildman–Crippen MR) is 317 cm³/mol. The van der Waals surface area contributed by atoms with E-state index < -0.39 is 31.9 Å². The van der Waals surface area contributed by atoms with Crippen LogP contribution in [0.25, 0.3) is 11.6 Å².